The minimum Gasteiger partial charge on any atom is -0.493 e. The minimum absolute atomic E-state index is 0.0667. The lowest BCUT2D eigenvalue weighted by Crippen LogP contribution is -2.22. The summed E-state index contributed by atoms with van der Waals surface area (Å²) in [4.78, 5) is 16.8. The fraction of sp³-hybridized carbons (Fsp3) is 0.333. The summed E-state index contributed by atoms with van der Waals surface area (Å²) in [6.07, 6.45) is -8.23. The molecule has 0 spiro atoms. The van der Waals surface area contributed by atoms with Gasteiger partial charge in [-0.25, -0.2) is 0 Å². The molecule has 1 aliphatic rings. The third kappa shape index (κ3) is 7.65. The zero-order valence-electron chi connectivity index (χ0n) is 19.7. The van der Waals surface area contributed by atoms with Gasteiger partial charge in [0.1, 0.15) is 12.4 Å². The van der Waals surface area contributed by atoms with E-state index in [9.17, 15) is 31.1 Å². The lowest BCUT2D eigenvalue weighted by molar-refractivity contribution is -0.143. The van der Waals surface area contributed by atoms with Crippen molar-refractivity contribution in [2.24, 2.45) is 4.99 Å². The van der Waals surface area contributed by atoms with Gasteiger partial charge < -0.3 is 20.1 Å². The Morgan fingerprint density at radius 3 is 2.46 bits per heavy atom. The number of methoxy groups -OCH3 is 1. The number of carbonyl (C=O) groups excluding carboxylic acids is 1. The zero-order valence-corrected chi connectivity index (χ0v) is 20.5. The molecule has 0 atom stereocenters. The Labute approximate surface area is 213 Å². The van der Waals surface area contributed by atoms with E-state index in [0.717, 1.165) is 24.4 Å². The molecule has 13 heteroatoms. The van der Waals surface area contributed by atoms with E-state index in [1.54, 1.807) is 18.2 Å². The summed E-state index contributed by atoms with van der Waals surface area (Å²) in [5, 5.41) is 5.51. The Morgan fingerprint density at radius 2 is 1.81 bits per heavy atom. The monoisotopic (exact) mass is 547 g/mol. The number of nitrogens with zero attached hydrogens (tertiary/aromatic N) is 1. The van der Waals surface area contributed by atoms with Gasteiger partial charge in [0.25, 0.3) is 5.24 Å². The van der Waals surface area contributed by atoms with E-state index in [0.29, 0.717) is 35.5 Å². The molecule has 0 unspecified atom stereocenters. The first-order chi connectivity index (χ1) is 17.4. The van der Waals surface area contributed by atoms with Crippen LogP contribution in [0.3, 0.4) is 0 Å². The van der Waals surface area contributed by atoms with Crippen molar-refractivity contribution >= 4 is 28.9 Å². The normalized spacial score (nSPS) is 16.4. The summed E-state index contributed by atoms with van der Waals surface area (Å²) >= 11 is 0.965. The van der Waals surface area contributed by atoms with Crippen LogP contribution in [-0.4, -0.2) is 37.8 Å². The van der Waals surface area contributed by atoms with Gasteiger partial charge in [0.2, 0.25) is 0 Å². The molecule has 6 nitrogen and oxygen atoms in total. The lowest BCUT2D eigenvalue weighted by Gasteiger charge is -2.17. The van der Waals surface area contributed by atoms with Crippen LogP contribution in [0.5, 0.6) is 11.5 Å². The number of hydrogen-bond acceptors (Lipinski definition) is 6. The van der Waals surface area contributed by atoms with Crippen molar-refractivity contribution in [3.8, 4) is 11.5 Å². The van der Waals surface area contributed by atoms with Crippen LogP contribution < -0.4 is 20.1 Å². The molecule has 1 fully saturated rings. The molecule has 0 aliphatic carbocycles. The van der Waals surface area contributed by atoms with Crippen LogP contribution in [0, 0.1) is 0 Å². The fourth-order valence-corrected chi connectivity index (χ4v) is 4.07. The molecule has 200 valence electrons. The number of amides is 1. The summed E-state index contributed by atoms with van der Waals surface area (Å²) in [6, 6.07) is 6.00. The van der Waals surface area contributed by atoms with Crippen molar-refractivity contribution in [1.29, 1.82) is 0 Å². The van der Waals surface area contributed by atoms with Crippen LogP contribution >= 0.6 is 11.8 Å². The number of amidine groups is 1. The maximum Gasteiger partial charge on any atom is 0.416 e. The number of halogens is 6. The highest BCUT2D eigenvalue weighted by atomic mass is 32.2. The van der Waals surface area contributed by atoms with Crippen LogP contribution in [0.4, 0.5) is 31.1 Å². The molecular formula is C24H23F6N3O3S. The summed E-state index contributed by atoms with van der Waals surface area (Å²) in [5.74, 6) is 0.697. The molecule has 1 saturated heterocycles. The predicted octanol–water partition coefficient (Wildman–Crippen LogP) is 6.12. The van der Waals surface area contributed by atoms with Crippen molar-refractivity contribution < 1.29 is 40.6 Å². The number of alkyl halides is 6. The fourth-order valence-electron chi connectivity index (χ4n) is 3.31. The standard InChI is InChI=1S/C24H23F6N3O3S/c1-3-31-8-9-32-21-20(37-22(34)33-21)11-14-4-7-18(19(10-14)35-2)36-13-15-5-6-16(23(25,26)27)12-17(15)24(28,29)30/h4-7,10-12,31H,3,8-9,13H2,1-2H3,(H,32,33,34)/b20-11-. The number of benzene rings is 2. The van der Waals surface area contributed by atoms with Crippen LogP contribution in [0.15, 0.2) is 46.3 Å². The Morgan fingerprint density at radius 1 is 1.05 bits per heavy atom. The van der Waals surface area contributed by atoms with E-state index in [2.05, 4.69) is 15.6 Å². The van der Waals surface area contributed by atoms with Crippen molar-refractivity contribution in [3.63, 3.8) is 0 Å². The zero-order chi connectivity index (χ0) is 27.2. The van der Waals surface area contributed by atoms with Crippen LogP contribution in [0.25, 0.3) is 6.08 Å². The summed E-state index contributed by atoms with van der Waals surface area (Å²) in [7, 11) is 1.33. The molecular weight excluding hydrogens is 524 g/mol. The van der Waals surface area contributed by atoms with Gasteiger partial charge >= 0.3 is 12.4 Å². The van der Waals surface area contributed by atoms with Crippen LogP contribution in [0.1, 0.15) is 29.2 Å². The average Bonchev–Trinajstić information content (AvgIpc) is 3.18. The van der Waals surface area contributed by atoms with E-state index in [1.807, 2.05) is 6.92 Å². The minimum atomic E-state index is -5.00. The van der Waals surface area contributed by atoms with Crippen molar-refractivity contribution in [1.82, 2.24) is 10.6 Å². The molecule has 0 bridgehead atoms. The van der Waals surface area contributed by atoms with Crippen LogP contribution in [-0.2, 0) is 19.0 Å². The number of thioether (sulfide) groups is 1. The van der Waals surface area contributed by atoms with Gasteiger partial charge in [0.05, 0.1) is 29.7 Å². The van der Waals surface area contributed by atoms with Gasteiger partial charge in [0.15, 0.2) is 11.5 Å². The molecule has 1 heterocycles. The Balaban J connectivity index is 1.81. The SMILES string of the molecule is CCNCCN=C1NC(=O)S/C1=C\c1ccc(OCc2ccc(C(F)(F)F)cc2C(F)(F)F)c(OC)c1. The van der Waals surface area contributed by atoms with E-state index >= 15 is 0 Å². The number of hydrogen-bond donors (Lipinski definition) is 2. The molecule has 1 amide bonds. The largest absolute Gasteiger partial charge is 0.493 e. The Bertz CT molecular complexity index is 1200. The Hall–Kier alpha value is -3.19. The molecule has 2 aromatic rings. The van der Waals surface area contributed by atoms with Gasteiger partial charge in [-0.3, -0.25) is 9.79 Å². The highest BCUT2D eigenvalue weighted by Crippen LogP contribution is 2.38. The molecule has 0 radical (unpaired) electrons. The quantitative estimate of drug-likeness (QED) is 0.293. The smallest absolute Gasteiger partial charge is 0.416 e. The van der Waals surface area contributed by atoms with Crippen molar-refractivity contribution in [2.45, 2.75) is 25.9 Å². The molecule has 3 rings (SSSR count). The van der Waals surface area contributed by atoms with Crippen LogP contribution in [0.2, 0.25) is 0 Å². The number of rotatable bonds is 9. The second kappa shape index (κ2) is 11.9. The van der Waals surface area contributed by atoms with E-state index in [4.69, 9.17) is 9.47 Å². The Kier molecular flexibility index (Phi) is 9.13. The molecule has 0 saturated carbocycles. The van der Waals surface area contributed by atoms with E-state index in [1.165, 1.54) is 13.2 Å². The van der Waals surface area contributed by atoms with Gasteiger partial charge in [-0.2, -0.15) is 26.3 Å². The lowest BCUT2D eigenvalue weighted by atomic mass is 10.0. The van der Waals surface area contributed by atoms with Gasteiger partial charge in [-0.15, -0.1) is 0 Å². The highest BCUT2D eigenvalue weighted by molar-refractivity contribution is 8.18. The van der Waals surface area contributed by atoms with E-state index in [-0.39, 0.29) is 22.8 Å². The third-order valence-corrected chi connectivity index (χ3v) is 5.89. The van der Waals surface area contributed by atoms with Gasteiger partial charge in [-0.1, -0.05) is 19.1 Å². The molecule has 2 N–H and O–H groups in total. The number of ether oxygens (including phenoxy) is 2. The number of aliphatic imine (C=N–C) groups is 1. The second-order valence-electron chi connectivity index (χ2n) is 7.67. The van der Waals surface area contributed by atoms with Gasteiger partial charge in [-0.05, 0) is 54.2 Å². The number of likely N-dealkylation sites (N-methyl/N-ethyl adjacent to an activating group) is 1. The van der Waals surface area contributed by atoms with Gasteiger partial charge in [0, 0.05) is 12.1 Å². The second-order valence-corrected chi connectivity index (χ2v) is 8.69. The third-order valence-electron chi connectivity index (χ3n) is 5.08. The topological polar surface area (TPSA) is 72.0 Å². The van der Waals surface area contributed by atoms with E-state index < -0.39 is 35.6 Å². The molecule has 37 heavy (non-hydrogen) atoms. The first kappa shape index (κ1) is 28.4. The first-order valence-corrected chi connectivity index (χ1v) is 11.8. The maximum absolute atomic E-state index is 13.4. The summed E-state index contributed by atoms with van der Waals surface area (Å²) in [5.41, 5.74) is -2.69. The predicted molar refractivity (Wildman–Crippen MR) is 129 cm³/mol. The van der Waals surface area contributed by atoms with Crippen molar-refractivity contribution in [3.05, 3.63) is 63.6 Å². The molecule has 2 aromatic carbocycles. The molecule has 1 aliphatic heterocycles. The van der Waals surface area contributed by atoms with Crippen molar-refractivity contribution in [2.75, 3.05) is 26.7 Å². The average molecular weight is 548 g/mol. The highest BCUT2D eigenvalue weighted by Gasteiger charge is 2.38. The first-order valence-electron chi connectivity index (χ1n) is 11.0. The maximum atomic E-state index is 13.4. The summed E-state index contributed by atoms with van der Waals surface area (Å²) in [6.45, 7) is 3.22. The number of carbonyl (C=O) groups is 1. The molecule has 0 aromatic heterocycles. The summed E-state index contributed by atoms with van der Waals surface area (Å²) < 4.78 is 89.7. The number of nitrogens with one attached hydrogen (secondary N) is 2.